The van der Waals surface area contributed by atoms with Gasteiger partial charge in [-0.3, -0.25) is 9.69 Å². The Morgan fingerprint density at radius 3 is 2.45 bits per heavy atom. The van der Waals surface area contributed by atoms with Crippen LogP contribution in [-0.4, -0.2) is 81.7 Å². The highest BCUT2D eigenvalue weighted by Crippen LogP contribution is 2.29. The van der Waals surface area contributed by atoms with Gasteiger partial charge in [0, 0.05) is 62.8 Å². The Morgan fingerprint density at radius 1 is 0.850 bits per heavy atom. The number of hydrogen-bond acceptors (Lipinski definition) is 7. The number of piperazine rings is 1. The Hall–Kier alpha value is -3.91. The molecule has 4 heterocycles. The Labute approximate surface area is 236 Å². The normalized spacial score (nSPS) is 16.1. The predicted octanol–water partition coefficient (Wildman–Crippen LogP) is 4.64. The molecule has 2 aromatic heterocycles. The summed E-state index contributed by atoms with van der Waals surface area (Å²) in [7, 11) is 0. The Kier molecular flexibility index (Phi) is 7.95. The molecular weight excluding hydrogens is 498 g/mol. The molecule has 0 N–H and O–H groups in total. The van der Waals surface area contributed by atoms with Crippen molar-refractivity contribution >= 4 is 22.8 Å². The lowest BCUT2D eigenvalue weighted by Gasteiger charge is -2.34. The minimum absolute atomic E-state index is 0.00913. The molecule has 40 heavy (non-hydrogen) atoms. The zero-order chi connectivity index (χ0) is 27.3. The predicted molar refractivity (Wildman–Crippen MR) is 158 cm³/mol. The van der Waals surface area contributed by atoms with Crippen LogP contribution in [0.5, 0.6) is 0 Å². The molecule has 0 saturated carbocycles. The van der Waals surface area contributed by atoms with Gasteiger partial charge in [-0.15, -0.1) is 10.2 Å². The zero-order valence-electron chi connectivity index (χ0n) is 23.3. The summed E-state index contributed by atoms with van der Waals surface area (Å²) >= 11 is 0. The van der Waals surface area contributed by atoms with Gasteiger partial charge in [0.15, 0.2) is 0 Å². The van der Waals surface area contributed by atoms with Crippen LogP contribution in [0.15, 0.2) is 60.8 Å². The van der Waals surface area contributed by atoms with E-state index in [1.165, 1.54) is 25.8 Å². The first-order valence-corrected chi connectivity index (χ1v) is 14.6. The highest BCUT2D eigenvalue weighted by atomic mass is 16.2. The van der Waals surface area contributed by atoms with Gasteiger partial charge >= 0.3 is 0 Å². The van der Waals surface area contributed by atoms with E-state index in [-0.39, 0.29) is 5.91 Å². The fourth-order valence-corrected chi connectivity index (χ4v) is 5.80. The number of rotatable bonds is 7. The topological polar surface area (TPSA) is 78.4 Å². The average Bonchev–Trinajstić information content (AvgIpc) is 3.23. The van der Waals surface area contributed by atoms with E-state index in [0.717, 1.165) is 66.3 Å². The quantitative estimate of drug-likeness (QED) is 0.319. The SMILES string of the molecule is CCCCCN1CCN(c2ncc3c(n2)CCN(C(=O)c2c(-c4ccccc4)nnc4ccccc24)CC3)CC1. The summed E-state index contributed by atoms with van der Waals surface area (Å²) < 4.78 is 0. The largest absolute Gasteiger partial charge is 0.338 e. The fourth-order valence-electron chi connectivity index (χ4n) is 5.80. The van der Waals surface area contributed by atoms with Crippen molar-refractivity contribution in [2.45, 2.75) is 39.0 Å². The molecule has 0 atom stereocenters. The second kappa shape index (κ2) is 12.1. The van der Waals surface area contributed by atoms with Crippen molar-refractivity contribution in [2.24, 2.45) is 0 Å². The third kappa shape index (κ3) is 5.54. The molecule has 8 heteroatoms. The summed E-state index contributed by atoms with van der Waals surface area (Å²) in [6, 6.07) is 17.6. The van der Waals surface area contributed by atoms with E-state index in [4.69, 9.17) is 9.97 Å². The number of amides is 1. The highest BCUT2D eigenvalue weighted by molar-refractivity contribution is 6.10. The van der Waals surface area contributed by atoms with Gasteiger partial charge in [-0.05, 0) is 31.0 Å². The molecule has 1 fully saturated rings. The summed E-state index contributed by atoms with van der Waals surface area (Å²) in [6.07, 6.45) is 7.27. The highest BCUT2D eigenvalue weighted by Gasteiger charge is 2.27. The van der Waals surface area contributed by atoms with Crippen molar-refractivity contribution in [1.29, 1.82) is 0 Å². The Balaban J connectivity index is 1.19. The molecule has 2 aliphatic rings. The summed E-state index contributed by atoms with van der Waals surface area (Å²) in [5.74, 6) is 0.813. The van der Waals surface area contributed by atoms with Crippen LogP contribution in [0.25, 0.3) is 22.2 Å². The summed E-state index contributed by atoms with van der Waals surface area (Å²) in [5, 5.41) is 9.78. The van der Waals surface area contributed by atoms with Gasteiger partial charge < -0.3 is 9.80 Å². The van der Waals surface area contributed by atoms with E-state index in [0.29, 0.717) is 30.8 Å². The number of anilines is 1. The number of nitrogens with zero attached hydrogens (tertiary/aromatic N) is 7. The van der Waals surface area contributed by atoms with E-state index in [9.17, 15) is 4.79 Å². The van der Waals surface area contributed by atoms with Gasteiger partial charge in [-0.2, -0.15) is 0 Å². The monoisotopic (exact) mass is 535 g/mol. The van der Waals surface area contributed by atoms with E-state index in [1.54, 1.807) is 0 Å². The first kappa shape index (κ1) is 26.3. The molecule has 0 radical (unpaired) electrons. The van der Waals surface area contributed by atoms with Gasteiger partial charge in [-0.25, -0.2) is 9.97 Å². The van der Waals surface area contributed by atoms with Crippen molar-refractivity contribution in [3.63, 3.8) is 0 Å². The minimum atomic E-state index is -0.00913. The first-order chi connectivity index (χ1) is 19.7. The smallest absolute Gasteiger partial charge is 0.256 e. The van der Waals surface area contributed by atoms with E-state index < -0.39 is 0 Å². The van der Waals surface area contributed by atoms with Crippen LogP contribution in [0.4, 0.5) is 5.95 Å². The molecule has 6 rings (SSSR count). The van der Waals surface area contributed by atoms with E-state index >= 15 is 0 Å². The second-order valence-electron chi connectivity index (χ2n) is 10.8. The van der Waals surface area contributed by atoms with Gasteiger partial charge in [0.2, 0.25) is 5.95 Å². The summed E-state index contributed by atoms with van der Waals surface area (Å²) in [6.45, 7) is 8.70. The molecular formula is C32H37N7O. The lowest BCUT2D eigenvalue weighted by Crippen LogP contribution is -2.47. The van der Waals surface area contributed by atoms with Gasteiger partial charge in [0.05, 0.1) is 16.8 Å². The van der Waals surface area contributed by atoms with Crippen molar-refractivity contribution in [1.82, 2.24) is 30.0 Å². The molecule has 2 aromatic carbocycles. The molecule has 0 unspecified atom stereocenters. The summed E-state index contributed by atoms with van der Waals surface area (Å²) in [5.41, 5.74) is 5.06. The number of aromatic nitrogens is 4. The number of unbranched alkanes of at least 4 members (excludes halogenated alkanes) is 2. The number of carbonyl (C=O) groups excluding carboxylic acids is 1. The number of benzene rings is 2. The van der Waals surface area contributed by atoms with Gasteiger partial charge in [0.25, 0.3) is 5.91 Å². The maximum absolute atomic E-state index is 14.2. The second-order valence-corrected chi connectivity index (χ2v) is 10.8. The lowest BCUT2D eigenvalue weighted by atomic mass is 10.0. The van der Waals surface area contributed by atoms with Crippen LogP contribution in [0.1, 0.15) is 47.8 Å². The molecule has 2 aliphatic heterocycles. The number of hydrogen-bond donors (Lipinski definition) is 0. The third-order valence-corrected chi connectivity index (χ3v) is 8.16. The summed E-state index contributed by atoms with van der Waals surface area (Å²) in [4.78, 5) is 30.7. The molecule has 0 aliphatic carbocycles. The maximum Gasteiger partial charge on any atom is 0.256 e. The van der Waals surface area contributed by atoms with Crippen molar-refractivity contribution < 1.29 is 4.79 Å². The van der Waals surface area contributed by atoms with E-state index in [2.05, 4.69) is 26.9 Å². The van der Waals surface area contributed by atoms with Crippen LogP contribution in [0.3, 0.4) is 0 Å². The van der Waals surface area contributed by atoms with Crippen LogP contribution < -0.4 is 4.90 Å². The third-order valence-electron chi connectivity index (χ3n) is 8.16. The first-order valence-electron chi connectivity index (χ1n) is 14.6. The van der Waals surface area contributed by atoms with Crippen molar-refractivity contribution in [3.8, 4) is 11.3 Å². The number of fused-ring (bicyclic) bond motifs is 2. The van der Waals surface area contributed by atoms with Crippen molar-refractivity contribution in [3.05, 3.63) is 77.6 Å². The fraction of sp³-hybridized carbons (Fsp3) is 0.406. The van der Waals surface area contributed by atoms with Crippen LogP contribution in [-0.2, 0) is 12.8 Å². The molecule has 0 bridgehead atoms. The Bertz CT molecular complexity index is 1470. The van der Waals surface area contributed by atoms with Gasteiger partial charge in [-0.1, -0.05) is 68.3 Å². The molecule has 8 nitrogen and oxygen atoms in total. The lowest BCUT2D eigenvalue weighted by molar-refractivity contribution is 0.0765. The zero-order valence-corrected chi connectivity index (χ0v) is 23.3. The standard InChI is InChI=1S/C32H37N7O/c1-2-3-9-16-37-19-21-39(22-20-37)32-33-23-25-14-17-38(18-15-27(25)34-32)31(40)29-26-12-7-8-13-28(26)35-36-30(29)24-10-5-4-6-11-24/h4-8,10-13,23H,2-3,9,14-22H2,1H3. The Morgan fingerprint density at radius 2 is 1.62 bits per heavy atom. The molecule has 0 spiro atoms. The van der Waals surface area contributed by atoms with Crippen LogP contribution in [0.2, 0.25) is 0 Å². The minimum Gasteiger partial charge on any atom is -0.338 e. The van der Waals surface area contributed by atoms with Crippen LogP contribution in [0, 0.1) is 0 Å². The van der Waals surface area contributed by atoms with Gasteiger partial charge in [0.1, 0.15) is 5.69 Å². The van der Waals surface area contributed by atoms with Crippen molar-refractivity contribution in [2.75, 3.05) is 50.7 Å². The van der Waals surface area contributed by atoms with E-state index in [1.807, 2.05) is 65.7 Å². The molecule has 206 valence electrons. The van der Waals surface area contributed by atoms with Crippen LogP contribution >= 0.6 is 0 Å². The molecule has 4 aromatic rings. The average molecular weight is 536 g/mol. The maximum atomic E-state index is 14.2. The molecule has 1 amide bonds. The number of carbonyl (C=O) groups is 1. The molecule has 1 saturated heterocycles.